The molecule has 4 nitrogen and oxygen atoms in total. The zero-order chi connectivity index (χ0) is 14.9. The molecular formula is C14H15BrFNO3. The van der Waals surface area contributed by atoms with Gasteiger partial charge in [0, 0.05) is 18.2 Å². The fourth-order valence-corrected chi connectivity index (χ4v) is 2.41. The molecule has 1 aromatic carbocycles. The van der Waals surface area contributed by atoms with Crippen LogP contribution in [0.15, 0.2) is 16.6 Å². The van der Waals surface area contributed by atoms with E-state index in [0.717, 1.165) is 12.8 Å². The summed E-state index contributed by atoms with van der Waals surface area (Å²) in [4.78, 5) is 24.8. The Morgan fingerprint density at radius 3 is 2.65 bits per heavy atom. The lowest BCUT2D eigenvalue weighted by molar-refractivity contribution is -0.141. The summed E-state index contributed by atoms with van der Waals surface area (Å²) in [6.07, 6.45) is 1.77. The van der Waals surface area contributed by atoms with Crippen LogP contribution in [-0.2, 0) is 9.53 Å². The molecule has 1 amide bonds. The van der Waals surface area contributed by atoms with Crippen molar-refractivity contribution in [2.45, 2.75) is 18.8 Å². The van der Waals surface area contributed by atoms with Crippen LogP contribution in [0.25, 0.3) is 0 Å². The van der Waals surface area contributed by atoms with E-state index in [2.05, 4.69) is 20.7 Å². The minimum atomic E-state index is -0.508. The fraction of sp³-hybridized carbons (Fsp3) is 0.429. The van der Waals surface area contributed by atoms with Gasteiger partial charge >= 0.3 is 5.97 Å². The van der Waals surface area contributed by atoms with Crippen molar-refractivity contribution in [2.24, 2.45) is 0 Å². The van der Waals surface area contributed by atoms with E-state index in [1.54, 1.807) is 6.07 Å². The van der Waals surface area contributed by atoms with Gasteiger partial charge in [0.05, 0.1) is 11.6 Å². The van der Waals surface area contributed by atoms with Crippen LogP contribution in [0.4, 0.5) is 4.39 Å². The molecule has 0 unspecified atom stereocenters. The molecule has 0 aromatic heterocycles. The number of carbonyl (C=O) groups excluding carboxylic acids is 2. The number of esters is 1. The highest BCUT2D eigenvalue weighted by Gasteiger charge is 2.33. The maximum Gasteiger partial charge on any atom is 0.325 e. The summed E-state index contributed by atoms with van der Waals surface area (Å²) >= 11 is 3.14. The fourth-order valence-electron chi connectivity index (χ4n) is 2.06. The van der Waals surface area contributed by atoms with Crippen molar-refractivity contribution in [3.05, 3.63) is 33.5 Å². The average molecular weight is 344 g/mol. The maximum absolute atomic E-state index is 14.2. The molecule has 0 spiro atoms. The Morgan fingerprint density at radius 2 is 2.10 bits per heavy atom. The molecule has 1 saturated carbocycles. The van der Waals surface area contributed by atoms with E-state index in [9.17, 15) is 14.0 Å². The van der Waals surface area contributed by atoms with Gasteiger partial charge in [-0.2, -0.15) is 0 Å². The van der Waals surface area contributed by atoms with Gasteiger partial charge in [-0.05, 0) is 46.8 Å². The van der Waals surface area contributed by atoms with Crippen LogP contribution in [0.1, 0.15) is 34.7 Å². The Morgan fingerprint density at radius 1 is 1.45 bits per heavy atom. The highest BCUT2D eigenvalue weighted by molar-refractivity contribution is 9.10. The lowest BCUT2D eigenvalue weighted by Crippen LogP contribution is -2.33. The number of hydrogen-bond donors (Lipinski definition) is 0. The van der Waals surface area contributed by atoms with E-state index in [1.165, 1.54) is 25.1 Å². The number of methoxy groups -OCH3 is 1. The minimum Gasteiger partial charge on any atom is -0.468 e. The zero-order valence-corrected chi connectivity index (χ0v) is 12.9. The topological polar surface area (TPSA) is 46.6 Å². The van der Waals surface area contributed by atoms with Crippen molar-refractivity contribution in [3.8, 4) is 0 Å². The second-order valence-corrected chi connectivity index (χ2v) is 5.69. The number of carbonyl (C=O) groups is 2. The average Bonchev–Trinajstić information content (AvgIpc) is 3.24. The Bertz CT molecular complexity index is 558. The second-order valence-electron chi connectivity index (χ2n) is 4.83. The summed E-state index contributed by atoms with van der Waals surface area (Å²) in [6, 6.07) is 3.11. The molecule has 6 heteroatoms. The molecule has 1 aliphatic carbocycles. The first-order valence-corrected chi connectivity index (χ1v) is 7.05. The summed E-state index contributed by atoms with van der Waals surface area (Å²) in [5.41, 5.74) is 0.765. The number of amides is 1. The van der Waals surface area contributed by atoms with Crippen LogP contribution in [0.5, 0.6) is 0 Å². The molecule has 1 aromatic rings. The Balaban J connectivity index is 2.30. The van der Waals surface area contributed by atoms with Crippen molar-refractivity contribution < 1.29 is 18.7 Å². The molecule has 0 atom stereocenters. The van der Waals surface area contributed by atoms with Gasteiger partial charge in [-0.15, -0.1) is 0 Å². The third kappa shape index (κ3) is 3.00. The van der Waals surface area contributed by atoms with E-state index < -0.39 is 5.97 Å². The highest BCUT2D eigenvalue weighted by Crippen LogP contribution is 2.44. The maximum atomic E-state index is 14.2. The summed E-state index contributed by atoms with van der Waals surface area (Å²) in [6.45, 7) is -0.156. The molecule has 20 heavy (non-hydrogen) atoms. The monoisotopic (exact) mass is 343 g/mol. The van der Waals surface area contributed by atoms with Crippen molar-refractivity contribution in [3.63, 3.8) is 0 Å². The summed E-state index contributed by atoms with van der Waals surface area (Å²) in [5, 5.41) is 0. The summed E-state index contributed by atoms with van der Waals surface area (Å²) in [5.74, 6) is -1.17. The number of likely N-dealkylation sites (N-methyl/N-ethyl adjacent to an activating group) is 1. The molecule has 0 heterocycles. The lowest BCUT2D eigenvalue weighted by atomic mass is 10.0. The van der Waals surface area contributed by atoms with Crippen LogP contribution < -0.4 is 0 Å². The zero-order valence-electron chi connectivity index (χ0n) is 11.3. The SMILES string of the molecule is COC(=O)CN(C)C(=O)c1ccc(Br)c(F)c1C1CC1. The van der Waals surface area contributed by atoms with Crippen molar-refractivity contribution in [1.82, 2.24) is 4.90 Å². The summed E-state index contributed by atoms with van der Waals surface area (Å²) in [7, 11) is 2.76. The molecule has 0 bridgehead atoms. The van der Waals surface area contributed by atoms with Crippen molar-refractivity contribution in [1.29, 1.82) is 0 Å². The Kier molecular flexibility index (Phi) is 4.42. The van der Waals surface area contributed by atoms with Gasteiger partial charge < -0.3 is 9.64 Å². The molecule has 1 aliphatic rings. The third-order valence-corrected chi connectivity index (χ3v) is 3.90. The number of benzene rings is 1. The number of halogens is 2. The Labute approximate surface area is 125 Å². The molecule has 0 radical (unpaired) electrons. The molecule has 0 aliphatic heterocycles. The lowest BCUT2D eigenvalue weighted by Gasteiger charge is -2.18. The van der Waals surface area contributed by atoms with Gasteiger partial charge in [0.2, 0.25) is 0 Å². The standard InChI is InChI=1S/C14H15BrFNO3/c1-17(7-11(18)20-2)14(19)9-5-6-10(15)13(16)12(9)8-3-4-8/h5-6,8H,3-4,7H2,1-2H3. The van der Waals surface area contributed by atoms with Crippen molar-refractivity contribution >= 4 is 27.8 Å². The van der Waals surface area contributed by atoms with E-state index >= 15 is 0 Å². The number of hydrogen-bond acceptors (Lipinski definition) is 3. The molecule has 108 valence electrons. The van der Waals surface area contributed by atoms with Gasteiger partial charge in [-0.1, -0.05) is 0 Å². The molecular weight excluding hydrogens is 329 g/mol. The largest absolute Gasteiger partial charge is 0.468 e. The first kappa shape index (κ1) is 15.0. The quantitative estimate of drug-likeness (QED) is 0.789. The highest BCUT2D eigenvalue weighted by atomic mass is 79.9. The van der Waals surface area contributed by atoms with Gasteiger partial charge in [-0.25, -0.2) is 4.39 Å². The number of nitrogens with zero attached hydrogens (tertiary/aromatic N) is 1. The first-order chi connectivity index (χ1) is 9.45. The molecule has 1 fully saturated rings. The van der Waals surface area contributed by atoms with Crippen LogP contribution >= 0.6 is 15.9 Å². The van der Waals surface area contributed by atoms with Gasteiger partial charge in [0.25, 0.3) is 5.91 Å². The smallest absolute Gasteiger partial charge is 0.325 e. The second kappa shape index (κ2) is 5.91. The van der Waals surface area contributed by atoms with Gasteiger partial charge in [-0.3, -0.25) is 9.59 Å². The van der Waals surface area contributed by atoms with E-state index in [1.807, 2.05) is 0 Å². The molecule has 0 N–H and O–H groups in total. The molecule has 0 saturated heterocycles. The Hall–Kier alpha value is -1.43. The van der Waals surface area contributed by atoms with Crippen molar-refractivity contribution in [2.75, 3.05) is 20.7 Å². The molecule has 2 rings (SSSR count). The van der Waals surface area contributed by atoms with Gasteiger partial charge in [0.1, 0.15) is 12.4 Å². The number of rotatable bonds is 4. The third-order valence-electron chi connectivity index (χ3n) is 3.29. The summed E-state index contributed by atoms with van der Waals surface area (Å²) < 4.78 is 19.1. The van der Waals surface area contributed by atoms with E-state index in [0.29, 0.717) is 15.6 Å². The van der Waals surface area contributed by atoms with Crippen LogP contribution in [-0.4, -0.2) is 37.5 Å². The van der Waals surface area contributed by atoms with Crippen LogP contribution in [0.3, 0.4) is 0 Å². The minimum absolute atomic E-state index is 0.0953. The number of ether oxygens (including phenoxy) is 1. The van der Waals surface area contributed by atoms with Crippen LogP contribution in [0, 0.1) is 5.82 Å². The van der Waals surface area contributed by atoms with Gasteiger partial charge in [0.15, 0.2) is 0 Å². The van der Waals surface area contributed by atoms with Crippen LogP contribution in [0.2, 0.25) is 0 Å². The van der Waals surface area contributed by atoms with E-state index in [4.69, 9.17) is 0 Å². The predicted molar refractivity (Wildman–Crippen MR) is 75.1 cm³/mol. The normalized spacial score (nSPS) is 14.0. The van der Waals surface area contributed by atoms with E-state index in [-0.39, 0.29) is 24.2 Å². The predicted octanol–water partition coefficient (Wildman–Crippen LogP) is 2.71. The first-order valence-electron chi connectivity index (χ1n) is 6.26.